The van der Waals surface area contributed by atoms with Crippen LogP contribution < -0.4 is 5.32 Å². The quantitative estimate of drug-likeness (QED) is 0.623. The van der Waals surface area contributed by atoms with Crippen molar-refractivity contribution in [3.8, 4) is 10.6 Å². The number of carbonyl (C=O) groups excluding carboxylic acids is 1. The molecule has 3 aromatic rings. The lowest BCUT2D eigenvalue weighted by atomic mass is 10.2. The van der Waals surface area contributed by atoms with Crippen molar-refractivity contribution in [1.29, 1.82) is 0 Å². The van der Waals surface area contributed by atoms with Crippen LogP contribution in [0.5, 0.6) is 0 Å². The summed E-state index contributed by atoms with van der Waals surface area (Å²) in [6.07, 6.45) is 4.60. The van der Waals surface area contributed by atoms with Crippen molar-refractivity contribution in [2.75, 3.05) is 5.32 Å². The molecule has 150 valence electrons. The number of sulfone groups is 1. The van der Waals surface area contributed by atoms with E-state index in [0.29, 0.717) is 34.0 Å². The minimum Gasteiger partial charge on any atom is -0.321 e. The van der Waals surface area contributed by atoms with E-state index in [1.54, 1.807) is 36.4 Å². The molecule has 2 aromatic carbocycles. The van der Waals surface area contributed by atoms with Crippen molar-refractivity contribution in [3.05, 3.63) is 65.4 Å². The maximum absolute atomic E-state index is 13.9. The largest absolute Gasteiger partial charge is 0.321 e. The second kappa shape index (κ2) is 8.04. The van der Waals surface area contributed by atoms with Crippen molar-refractivity contribution in [3.63, 3.8) is 0 Å². The lowest BCUT2D eigenvalue weighted by molar-refractivity contribution is 0.103. The van der Waals surface area contributed by atoms with Gasteiger partial charge < -0.3 is 5.32 Å². The number of nitrogens with zero attached hydrogens (tertiary/aromatic N) is 1. The van der Waals surface area contributed by atoms with Crippen LogP contribution in [0, 0.1) is 5.82 Å². The monoisotopic (exact) mass is 430 g/mol. The molecular formula is C21H19FN2O3S2. The maximum atomic E-state index is 13.9. The molecule has 1 aromatic heterocycles. The van der Waals surface area contributed by atoms with Gasteiger partial charge in [-0.1, -0.05) is 31.0 Å². The summed E-state index contributed by atoms with van der Waals surface area (Å²) < 4.78 is 39.5. The van der Waals surface area contributed by atoms with Crippen LogP contribution in [0.25, 0.3) is 10.6 Å². The van der Waals surface area contributed by atoms with Crippen molar-refractivity contribution < 1.29 is 17.6 Å². The zero-order valence-electron chi connectivity index (χ0n) is 15.5. The van der Waals surface area contributed by atoms with E-state index >= 15 is 0 Å². The Morgan fingerprint density at radius 2 is 1.86 bits per heavy atom. The molecule has 1 saturated carbocycles. The van der Waals surface area contributed by atoms with E-state index in [9.17, 15) is 17.6 Å². The summed E-state index contributed by atoms with van der Waals surface area (Å²) in [5, 5.41) is 2.77. The second-order valence-corrected chi connectivity index (χ2v) is 10.2. The van der Waals surface area contributed by atoms with E-state index in [2.05, 4.69) is 10.3 Å². The van der Waals surface area contributed by atoms with Gasteiger partial charge >= 0.3 is 0 Å². The number of benzene rings is 2. The van der Waals surface area contributed by atoms with Gasteiger partial charge in [0.15, 0.2) is 9.84 Å². The molecule has 5 nitrogen and oxygen atoms in total. The number of nitrogens with one attached hydrogen (secondary N) is 1. The van der Waals surface area contributed by atoms with Gasteiger partial charge in [0.05, 0.1) is 16.3 Å². The van der Waals surface area contributed by atoms with Crippen LogP contribution in [-0.2, 0) is 9.84 Å². The third kappa shape index (κ3) is 4.09. The van der Waals surface area contributed by atoms with Crippen molar-refractivity contribution in [1.82, 2.24) is 4.98 Å². The highest BCUT2D eigenvalue weighted by molar-refractivity contribution is 7.92. The summed E-state index contributed by atoms with van der Waals surface area (Å²) >= 11 is 1.08. The minimum atomic E-state index is -3.40. The average molecular weight is 431 g/mol. The Morgan fingerprint density at radius 3 is 2.62 bits per heavy atom. The van der Waals surface area contributed by atoms with Crippen molar-refractivity contribution in [2.45, 2.75) is 35.8 Å². The highest BCUT2D eigenvalue weighted by atomic mass is 32.2. The summed E-state index contributed by atoms with van der Waals surface area (Å²) in [5.41, 5.74) is 0.733. The van der Waals surface area contributed by atoms with E-state index in [-0.39, 0.29) is 10.1 Å². The molecule has 4 rings (SSSR count). The van der Waals surface area contributed by atoms with Gasteiger partial charge in [0, 0.05) is 11.3 Å². The summed E-state index contributed by atoms with van der Waals surface area (Å²) in [4.78, 5) is 17.3. The third-order valence-corrected chi connectivity index (χ3v) is 8.28. The number of thiazole rings is 1. The van der Waals surface area contributed by atoms with Crippen LogP contribution in [0.3, 0.4) is 0 Å². The van der Waals surface area contributed by atoms with Crippen LogP contribution in [0.15, 0.2) is 59.6 Å². The Hall–Kier alpha value is -2.58. The molecule has 0 atom stereocenters. The van der Waals surface area contributed by atoms with Crippen molar-refractivity contribution >= 4 is 32.8 Å². The number of amides is 1. The van der Waals surface area contributed by atoms with E-state index in [1.807, 2.05) is 0 Å². The van der Waals surface area contributed by atoms with Crippen LogP contribution in [0.2, 0.25) is 0 Å². The van der Waals surface area contributed by atoms with E-state index in [0.717, 1.165) is 24.2 Å². The zero-order chi connectivity index (χ0) is 20.4. The van der Waals surface area contributed by atoms with Gasteiger partial charge in [-0.25, -0.2) is 17.8 Å². The summed E-state index contributed by atoms with van der Waals surface area (Å²) in [7, 11) is -3.40. The van der Waals surface area contributed by atoms with Crippen LogP contribution in [0.1, 0.15) is 35.4 Å². The Labute approximate surface area is 172 Å². The Kier molecular flexibility index (Phi) is 5.47. The smallest absolute Gasteiger partial charge is 0.267 e. The fourth-order valence-corrected chi connectivity index (χ4v) is 6.21. The third-order valence-electron chi connectivity index (χ3n) is 5.00. The Balaban J connectivity index is 1.53. The Bertz CT molecular complexity index is 1150. The Morgan fingerprint density at radius 1 is 1.10 bits per heavy atom. The summed E-state index contributed by atoms with van der Waals surface area (Å²) in [6, 6.07) is 12.6. The van der Waals surface area contributed by atoms with Gasteiger partial charge in [0.1, 0.15) is 15.7 Å². The molecule has 0 spiro atoms. The fourth-order valence-electron chi connectivity index (χ4n) is 3.47. The number of carbonyl (C=O) groups is 1. The average Bonchev–Trinajstić information content (AvgIpc) is 3.41. The molecular weight excluding hydrogens is 411 g/mol. The topological polar surface area (TPSA) is 76.1 Å². The second-order valence-electron chi connectivity index (χ2n) is 6.94. The molecule has 0 aliphatic heterocycles. The molecule has 29 heavy (non-hydrogen) atoms. The fraction of sp³-hybridized carbons (Fsp3) is 0.238. The first-order valence-electron chi connectivity index (χ1n) is 9.31. The molecule has 0 unspecified atom stereocenters. The van der Waals surface area contributed by atoms with E-state index in [1.165, 1.54) is 18.3 Å². The van der Waals surface area contributed by atoms with Crippen LogP contribution in [0.4, 0.5) is 10.1 Å². The zero-order valence-corrected chi connectivity index (χ0v) is 17.1. The van der Waals surface area contributed by atoms with Crippen LogP contribution in [-0.4, -0.2) is 24.6 Å². The molecule has 8 heteroatoms. The van der Waals surface area contributed by atoms with Gasteiger partial charge in [-0.15, -0.1) is 11.3 Å². The minimum absolute atomic E-state index is 0.221. The highest BCUT2D eigenvalue weighted by Gasteiger charge is 2.30. The molecule has 0 bridgehead atoms. The predicted molar refractivity (Wildman–Crippen MR) is 111 cm³/mol. The normalized spacial score (nSPS) is 14.8. The molecule has 0 radical (unpaired) electrons. The number of rotatable bonds is 5. The molecule has 1 N–H and O–H groups in total. The number of hydrogen-bond donors (Lipinski definition) is 1. The van der Waals surface area contributed by atoms with Crippen molar-refractivity contribution in [2.24, 2.45) is 0 Å². The van der Waals surface area contributed by atoms with Gasteiger partial charge in [-0.2, -0.15) is 0 Å². The first kappa shape index (κ1) is 19.7. The van der Waals surface area contributed by atoms with Gasteiger partial charge in [-0.3, -0.25) is 4.79 Å². The maximum Gasteiger partial charge on any atom is 0.267 e. The van der Waals surface area contributed by atoms with Gasteiger partial charge in [0.25, 0.3) is 5.91 Å². The van der Waals surface area contributed by atoms with E-state index in [4.69, 9.17) is 0 Å². The molecule has 0 saturated heterocycles. The lowest BCUT2D eigenvalue weighted by Gasteiger charge is -2.12. The molecule has 1 amide bonds. The molecule has 1 aliphatic rings. The standard InChI is InChI=1S/C21H19FN2O3S2/c22-18-11-4-3-10-17(18)21-23-13-19(28-21)20(25)24-14-6-5-9-16(12-14)29(26,27)15-7-1-2-8-15/h3-6,9-13,15H,1-2,7-8H2,(H,24,25). The van der Waals surface area contributed by atoms with Crippen LogP contribution >= 0.6 is 11.3 Å². The predicted octanol–water partition coefficient (Wildman–Crippen LogP) is 4.92. The molecule has 1 aliphatic carbocycles. The molecule has 1 heterocycles. The SMILES string of the molecule is O=C(Nc1cccc(S(=O)(=O)C2CCCC2)c1)c1cnc(-c2ccccc2F)s1. The molecule has 1 fully saturated rings. The summed E-state index contributed by atoms with van der Waals surface area (Å²) in [6.45, 7) is 0. The number of anilines is 1. The number of aromatic nitrogens is 1. The highest BCUT2D eigenvalue weighted by Crippen LogP contribution is 2.31. The lowest BCUT2D eigenvalue weighted by Crippen LogP contribution is -2.18. The number of hydrogen-bond acceptors (Lipinski definition) is 5. The first-order chi connectivity index (χ1) is 13.9. The first-order valence-corrected chi connectivity index (χ1v) is 11.7. The van der Waals surface area contributed by atoms with Gasteiger partial charge in [0.2, 0.25) is 0 Å². The summed E-state index contributed by atoms with van der Waals surface area (Å²) in [5.74, 6) is -0.820. The number of halogens is 1. The van der Waals surface area contributed by atoms with Gasteiger partial charge in [-0.05, 0) is 43.2 Å². The van der Waals surface area contributed by atoms with E-state index < -0.39 is 21.6 Å².